The van der Waals surface area contributed by atoms with Gasteiger partial charge in [0.25, 0.3) is 0 Å². The van der Waals surface area contributed by atoms with Gasteiger partial charge in [-0.3, -0.25) is 9.58 Å². The van der Waals surface area contributed by atoms with E-state index >= 15 is 0 Å². The number of hydrogen-bond donors (Lipinski definition) is 1. The minimum absolute atomic E-state index is 0.590. The number of alkyl halides is 3. The second-order valence-electron chi connectivity index (χ2n) is 7.55. The maximum Gasteiger partial charge on any atom is 0.490 e. The number of aromatic nitrogens is 5. The Morgan fingerprint density at radius 3 is 2.67 bits per heavy atom. The summed E-state index contributed by atoms with van der Waals surface area (Å²) in [6.45, 7) is 5.26. The van der Waals surface area contributed by atoms with Crippen molar-refractivity contribution in [3.05, 3.63) is 29.3 Å². The van der Waals surface area contributed by atoms with E-state index in [4.69, 9.17) is 14.6 Å². The van der Waals surface area contributed by atoms with Crippen LogP contribution in [0.3, 0.4) is 0 Å². The van der Waals surface area contributed by atoms with E-state index in [1.807, 2.05) is 17.9 Å². The molecule has 1 saturated carbocycles. The molecule has 0 spiro atoms. The van der Waals surface area contributed by atoms with Gasteiger partial charge in [-0.1, -0.05) is 5.21 Å². The number of carboxylic acid groups (broad SMARTS) is 1. The monoisotopic (exact) mass is 430 g/mol. The fourth-order valence-corrected chi connectivity index (χ4v) is 3.12. The molecule has 0 amide bonds. The lowest BCUT2D eigenvalue weighted by atomic mass is 10.2. The average molecular weight is 430 g/mol. The zero-order valence-electron chi connectivity index (χ0n) is 16.7. The molecule has 2 aliphatic rings. The van der Waals surface area contributed by atoms with Crippen LogP contribution in [0.25, 0.3) is 0 Å². The van der Waals surface area contributed by atoms with Gasteiger partial charge in [-0.2, -0.15) is 18.3 Å². The van der Waals surface area contributed by atoms with Crippen molar-refractivity contribution in [1.29, 1.82) is 0 Å². The number of carboxylic acids is 1. The van der Waals surface area contributed by atoms with Gasteiger partial charge < -0.3 is 9.84 Å². The summed E-state index contributed by atoms with van der Waals surface area (Å²) < 4.78 is 41.5. The van der Waals surface area contributed by atoms with E-state index < -0.39 is 12.1 Å². The van der Waals surface area contributed by atoms with Crippen molar-refractivity contribution in [2.24, 2.45) is 13.0 Å². The van der Waals surface area contributed by atoms with Gasteiger partial charge in [0.2, 0.25) is 0 Å². The highest BCUT2D eigenvalue weighted by molar-refractivity contribution is 5.73. The predicted molar refractivity (Wildman–Crippen MR) is 98.0 cm³/mol. The molecule has 166 valence electrons. The van der Waals surface area contributed by atoms with Gasteiger partial charge in [0.05, 0.1) is 18.5 Å². The van der Waals surface area contributed by atoms with E-state index in [-0.39, 0.29) is 0 Å². The van der Waals surface area contributed by atoms with Crippen LogP contribution >= 0.6 is 0 Å². The molecule has 1 fully saturated rings. The Kier molecular flexibility index (Phi) is 7.08. The molecular weight excluding hydrogens is 405 g/mol. The quantitative estimate of drug-likeness (QED) is 0.748. The van der Waals surface area contributed by atoms with Crippen LogP contribution in [0.4, 0.5) is 13.2 Å². The van der Waals surface area contributed by atoms with E-state index in [1.54, 1.807) is 0 Å². The van der Waals surface area contributed by atoms with Crippen LogP contribution in [0.2, 0.25) is 0 Å². The van der Waals surface area contributed by atoms with Crippen LogP contribution in [-0.2, 0) is 42.8 Å². The number of rotatable bonds is 6. The SMILES string of the molecule is Cn1cc(CN2CCCn3nnc(COCC4CC4)c3C2)cn1.O=C(O)C(F)(F)F. The molecule has 0 radical (unpaired) electrons. The zero-order chi connectivity index (χ0) is 21.7. The first-order valence-electron chi connectivity index (χ1n) is 9.71. The van der Waals surface area contributed by atoms with Gasteiger partial charge in [0.1, 0.15) is 5.69 Å². The van der Waals surface area contributed by atoms with Crippen LogP contribution in [-0.4, -0.2) is 60.1 Å². The largest absolute Gasteiger partial charge is 0.490 e. The molecule has 3 heterocycles. The molecule has 1 N–H and O–H groups in total. The number of aliphatic carboxylic acids is 1. The molecule has 9 nitrogen and oxygen atoms in total. The highest BCUT2D eigenvalue weighted by Gasteiger charge is 2.38. The number of ether oxygens (including phenoxy) is 1. The van der Waals surface area contributed by atoms with Crippen molar-refractivity contribution in [1.82, 2.24) is 29.7 Å². The molecule has 1 aliphatic heterocycles. The van der Waals surface area contributed by atoms with Crippen LogP contribution in [0.5, 0.6) is 0 Å². The molecule has 30 heavy (non-hydrogen) atoms. The highest BCUT2D eigenvalue weighted by Crippen LogP contribution is 2.29. The van der Waals surface area contributed by atoms with Gasteiger partial charge in [-0.25, -0.2) is 9.48 Å². The first-order chi connectivity index (χ1) is 14.2. The van der Waals surface area contributed by atoms with Crippen LogP contribution in [0, 0.1) is 5.92 Å². The third kappa shape index (κ3) is 6.52. The summed E-state index contributed by atoms with van der Waals surface area (Å²) in [7, 11) is 1.96. The first-order valence-corrected chi connectivity index (χ1v) is 9.71. The summed E-state index contributed by atoms with van der Waals surface area (Å²) in [6, 6.07) is 0. The molecular formula is C18H25F3N6O3. The number of fused-ring (bicyclic) bond motifs is 1. The summed E-state index contributed by atoms with van der Waals surface area (Å²) >= 11 is 0. The van der Waals surface area contributed by atoms with Gasteiger partial charge in [-0.15, -0.1) is 5.10 Å². The standard InChI is InChI=1S/C16H24N6O.C2HF3O2/c1-20-8-14(7-17-20)9-21-5-2-6-22-16(10-21)15(18-19-22)12-23-11-13-3-4-13;3-2(4,5)1(6)7/h7-8,13H,2-6,9-12H2,1H3;(H,6,7). The Balaban J connectivity index is 0.000000318. The summed E-state index contributed by atoms with van der Waals surface area (Å²) in [4.78, 5) is 11.3. The van der Waals surface area contributed by atoms with Gasteiger partial charge in [0.15, 0.2) is 0 Å². The molecule has 2 aromatic heterocycles. The topological polar surface area (TPSA) is 98.3 Å². The molecule has 0 unspecified atom stereocenters. The Hall–Kier alpha value is -2.47. The molecule has 1 aliphatic carbocycles. The predicted octanol–water partition coefficient (Wildman–Crippen LogP) is 1.98. The summed E-state index contributed by atoms with van der Waals surface area (Å²) in [6.07, 6.45) is 2.68. The van der Waals surface area contributed by atoms with Crippen molar-refractivity contribution >= 4 is 5.97 Å². The third-order valence-electron chi connectivity index (χ3n) is 4.83. The van der Waals surface area contributed by atoms with Gasteiger partial charge in [-0.05, 0) is 25.2 Å². The third-order valence-corrected chi connectivity index (χ3v) is 4.83. The van der Waals surface area contributed by atoms with Crippen molar-refractivity contribution in [3.8, 4) is 0 Å². The highest BCUT2D eigenvalue weighted by atomic mass is 19.4. The number of nitrogens with zero attached hydrogens (tertiary/aromatic N) is 6. The zero-order valence-corrected chi connectivity index (χ0v) is 16.7. The lowest BCUT2D eigenvalue weighted by Crippen LogP contribution is -2.23. The summed E-state index contributed by atoms with van der Waals surface area (Å²) in [5.74, 6) is -1.97. The lowest BCUT2D eigenvalue weighted by Gasteiger charge is -2.18. The molecule has 0 bridgehead atoms. The Bertz CT molecular complexity index is 847. The maximum atomic E-state index is 10.6. The number of carbonyl (C=O) groups is 1. The Morgan fingerprint density at radius 1 is 1.33 bits per heavy atom. The van der Waals surface area contributed by atoms with Crippen LogP contribution in [0.1, 0.15) is 36.2 Å². The molecule has 0 saturated heterocycles. The van der Waals surface area contributed by atoms with E-state index in [0.717, 1.165) is 50.8 Å². The molecule has 12 heteroatoms. The van der Waals surface area contributed by atoms with E-state index in [0.29, 0.717) is 6.61 Å². The van der Waals surface area contributed by atoms with Crippen LogP contribution < -0.4 is 0 Å². The number of halogens is 3. The van der Waals surface area contributed by atoms with Crippen molar-refractivity contribution in [3.63, 3.8) is 0 Å². The number of aryl methyl sites for hydroxylation is 2. The van der Waals surface area contributed by atoms with Gasteiger partial charge >= 0.3 is 12.1 Å². The minimum atomic E-state index is -5.08. The summed E-state index contributed by atoms with van der Waals surface area (Å²) in [5, 5.41) is 20.1. The fraction of sp³-hybridized carbons (Fsp3) is 0.667. The normalized spacial score (nSPS) is 17.1. The van der Waals surface area contributed by atoms with Crippen molar-refractivity contribution in [2.75, 3.05) is 13.2 Å². The maximum absolute atomic E-state index is 10.6. The first kappa shape index (κ1) is 22.2. The molecule has 0 atom stereocenters. The smallest absolute Gasteiger partial charge is 0.475 e. The fourth-order valence-electron chi connectivity index (χ4n) is 3.12. The minimum Gasteiger partial charge on any atom is -0.475 e. The lowest BCUT2D eigenvalue weighted by molar-refractivity contribution is -0.192. The Labute approximate surface area is 171 Å². The van der Waals surface area contributed by atoms with E-state index in [1.165, 1.54) is 24.1 Å². The Morgan fingerprint density at radius 2 is 2.07 bits per heavy atom. The van der Waals surface area contributed by atoms with E-state index in [2.05, 4.69) is 31.2 Å². The van der Waals surface area contributed by atoms with Crippen molar-refractivity contribution in [2.45, 2.75) is 51.7 Å². The average Bonchev–Trinajstić information content (AvgIpc) is 3.34. The van der Waals surface area contributed by atoms with Crippen molar-refractivity contribution < 1.29 is 27.8 Å². The molecule has 4 rings (SSSR count). The van der Waals surface area contributed by atoms with Gasteiger partial charge in [0, 0.05) is 51.6 Å². The molecule has 0 aromatic carbocycles. The van der Waals surface area contributed by atoms with E-state index in [9.17, 15) is 13.2 Å². The number of hydrogen-bond acceptors (Lipinski definition) is 6. The second kappa shape index (κ2) is 9.56. The van der Waals surface area contributed by atoms with Crippen LogP contribution in [0.15, 0.2) is 12.4 Å². The second-order valence-corrected chi connectivity index (χ2v) is 7.55. The summed E-state index contributed by atoms with van der Waals surface area (Å²) in [5.41, 5.74) is 3.46. The molecule has 2 aromatic rings.